The fraction of sp³-hybridized carbons (Fsp3) is 0.750. The van der Waals surface area contributed by atoms with Gasteiger partial charge in [0.2, 0.25) is 5.91 Å². The molecule has 0 radical (unpaired) electrons. The van der Waals surface area contributed by atoms with E-state index in [1.807, 2.05) is 13.8 Å². The van der Waals surface area contributed by atoms with Crippen molar-refractivity contribution in [3.63, 3.8) is 0 Å². The summed E-state index contributed by atoms with van der Waals surface area (Å²) in [6.07, 6.45) is 0.260. The maximum Gasteiger partial charge on any atom is 0.326 e. The summed E-state index contributed by atoms with van der Waals surface area (Å²) in [6, 6.07) is -2.07. The number of carboxylic acids is 1. The molecule has 2 unspecified atom stereocenters. The Bertz CT molecular complexity index is 410. The van der Waals surface area contributed by atoms with E-state index >= 15 is 0 Å². The third-order valence-corrected chi connectivity index (χ3v) is 3.78. The molecule has 0 saturated heterocycles. The number of urea groups is 1. The van der Waals surface area contributed by atoms with Crippen LogP contribution in [0.15, 0.2) is 0 Å². The fourth-order valence-corrected chi connectivity index (χ4v) is 2.29. The van der Waals surface area contributed by atoms with Crippen LogP contribution in [-0.2, 0) is 14.3 Å². The molecule has 1 saturated carbocycles. The molecular formula is C12H21N3O5. The van der Waals surface area contributed by atoms with Crippen LogP contribution in [-0.4, -0.2) is 48.3 Å². The van der Waals surface area contributed by atoms with Crippen molar-refractivity contribution in [3.8, 4) is 0 Å². The molecule has 1 fully saturated rings. The van der Waals surface area contributed by atoms with Crippen LogP contribution in [0.2, 0.25) is 0 Å². The number of aliphatic carboxylic acids is 1. The molecule has 0 bridgehead atoms. The summed E-state index contributed by atoms with van der Waals surface area (Å²) >= 11 is 0. The van der Waals surface area contributed by atoms with E-state index in [0.29, 0.717) is 6.42 Å². The molecule has 8 heteroatoms. The first kappa shape index (κ1) is 16.2. The molecule has 1 aliphatic carbocycles. The van der Waals surface area contributed by atoms with Gasteiger partial charge in [0, 0.05) is 18.6 Å². The lowest BCUT2D eigenvalue weighted by molar-refractivity contribution is -0.141. The molecule has 0 aliphatic heterocycles. The summed E-state index contributed by atoms with van der Waals surface area (Å²) in [5.41, 5.74) is 4.71. The Balaban J connectivity index is 2.51. The summed E-state index contributed by atoms with van der Waals surface area (Å²) in [5.74, 6) is -2.09. The van der Waals surface area contributed by atoms with E-state index in [9.17, 15) is 14.4 Å². The number of amides is 3. The van der Waals surface area contributed by atoms with Gasteiger partial charge in [0.05, 0.1) is 12.5 Å². The minimum absolute atomic E-state index is 0.0497. The van der Waals surface area contributed by atoms with Crippen molar-refractivity contribution in [2.24, 2.45) is 11.1 Å². The van der Waals surface area contributed by atoms with Crippen LogP contribution in [0, 0.1) is 5.41 Å². The molecule has 0 aromatic carbocycles. The largest absolute Gasteiger partial charge is 0.480 e. The lowest BCUT2D eigenvalue weighted by Crippen LogP contribution is -2.64. The standard InChI is InChI=1S/C12H21N3O5/c1-12(2)7(5-8(12)20-3)15-11(19)14-6(10(17)18)4-9(13)16/h6-8H,4-5H2,1-3H3,(H2,13,16)(H,17,18)(H2,14,15,19)/t6-,7?,8?/m0/s1. The van der Waals surface area contributed by atoms with Crippen molar-refractivity contribution in [1.29, 1.82) is 0 Å². The van der Waals surface area contributed by atoms with Gasteiger partial charge in [-0.15, -0.1) is 0 Å². The van der Waals surface area contributed by atoms with Gasteiger partial charge >= 0.3 is 12.0 Å². The highest BCUT2D eigenvalue weighted by molar-refractivity contribution is 5.87. The van der Waals surface area contributed by atoms with Crippen molar-refractivity contribution in [3.05, 3.63) is 0 Å². The van der Waals surface area contributed by atoms with Crippen LogP contribution < -0.4 is 16.4 Å². The van der Waals surface area contributed by atoms with Gasteiger partial charge in [0.25, 0.3) is 0 Å². The highest BCUT2D eigenvalue weighted by Crippen LogP contribution is 2.42. The number of primary amides is 1. The van der Waals surface area contributed by atoms with Crippen LogP contribution >= 0.6 is 0 Å². The Morgan fingerprint density at radius 1 is 1.45 bits per heavy atom. The van der Waals surface area contributed by atoms with Crippen molar-refractivity contribution in [2.45, 2.75) is 44.9 Å². The van der Waals surface area contributed by atoms with E-state index in [4.69, 9.17) is 15.6 Å². The molecule has 3 atom stereocenters. The SMILES string of the molecule is COC1CC(NC(=O)N[C@@H](CC(N)=O)C(=O)O)C1(C)C. The van der Waals surface area contributed by atoms with Gasteiger partial charge in [-0.05, 0) is 6.42 Å². The quantitative estimate of drug-likeness (QED) is 0.519. The summed E-state index contributed by atoms with van der Waals surface area (Å²) in [7, 11) is 1.61. The number of carbonyl (C=O) groups is 3. The Morgan fingerprint density at radius 2 is 2.05 bits per heavy atom. The number of carboxylic acid groups (broad SMARTS) is 1. The molecule has 0 aromatic heterocycles. The van der Waals surface area contributed by atoms with Crippen molar-refractivity contribution < 1.29 is 24.2 Å². The smallest absolute Gasteiger partial charge is 0.326 e. The minimum atomic E-state index is -1.33. The molecule has 1 rings (SSSR count). The molecule has 114 valence electrons. The predicted molar refractivity (Wildman–Crippen MR) is 69.9 cm³/mol. The third kappa shape index (κ3) is 3.60. The molecule has 5 N–H and O–H groups in total. The maximum atomic E-state index is 11.7. The van der Waals surface area contributed by atoms with Gasteiger partial charge in [0.15, 0.2) is 0 Å². The molecule has 8 nitrogen and oxygen atoms in total. The molecule has 1 aliphatic rings. The zero-order chi connectivity index (χ0) is 15.5. The van der Waals surface area contributed by atoms with E-state index < -0.39 is 30.4 Å². The van der Waals surface area contributed by atoms with Crippen LogP contribution in [0.4, 0.5) is 4.79 Å². The Labute approximate surface area is 117 Å². The monoisotopic (exact) mass is 287 g/mol. The number of nitrogens with two attached hydrogens (primary N) is 1. The van der Waals surface area contributed by atoms with Gasteiger partial charge in [-0.2, -0.15) is 0 Å². The highest BCUT2D eigenvalue weighted by atomic mass is 16.5. The van der Waals surface area contributed by atoms with Crippen LogP contribution in [0.25, 0.3) is 0 Å². The summed E-state index contributed by atoms with van der Waals surface area (Å²) in [5, 5.41) is 13.8. The van der Waals surface area contributed by atoms with Crippen molar-refractivity contribution >= 4 is 17.9 Å². The third-order valence-electron chi connectivity index (χ3n) is 3.78. The first-order valence-corrected chi connectivity index (χ1v) is 6.29. The molecule has 0 spiro atoms. The molecule has 20 heavy (non-hydrogen) atoms. The lowest BCUT2D eigenvalue weighted by Gasteiger charge is -2.51. The van der Waals surface area contributed by atoms with Gasteiger partial charge in [-0.25, -0.2) is 9.59 Å². The summed E-state index contributed by atoms with van der Waals surface area (Å²) in [6.45, 7) is 3.90. The Kier molecular flexibility index (Phi) is 4.93. The zero-order valence-electron chi connectivity index (χ0n) is 11.8. The van der Waals surface area contributed by atoms with E-state index in [2.05, 4.69) is 10.6 Å². The van der Waals surface area contributed by atoms with Gasteiger partial charge < -0.3 is 26.2 Å². The number of hydrogen-bond donors (Lipinski definition) is 4. The normalized spacial score (nSPS) is 25.1. The lowest BCUT2D eigenvalue weighted by atomic mass is 9.64. The van der Waals surface area contributed by atoms with Crippen LogP contribution in [0.5, 0.6) is 0 Å². The average molecular weight is 287 g/mol. The zero-order valence-corrected chi connectivity index (χ0v) is 11.8. The van der Waals surface area contributed by atoms with Crippen molar-refractivity contribution in [2.75, 3.05) is 7.11 Å². The van der Waals surface area contributed by atoms with E-state index in [1.54, 1.807) is 7.11 Å². The van der Waals surface area contributed by atoms with Gasteiger partial charge in [0.1, 0.15) is 6.04 Å². The first-order valence-electron chi connectivity index (χ1n) is 6.29. The van der Waals surface area contributed by atoms with Gasteiger partial charge in [-0.1, -0.05) is 13.8 Å². The van der Waals surface area contributed by atoms with Crippen LogP contribution in [0.3, 0.4) is 0 Å². The second-order valence-electron chi connectivity index (χ2n) is 5.51. The summed E-state index contributed by atoms with van der Waals surface area (Å²) < 4.78 is 5.26. The maximum absolute atomic E-state index is 11.7. The second-order valence-corrected chi connectivity index (χ2v) is 5.51. The number of nitrogens with one attached hydrogen (secondary N) is 2. The Hall–Kier alpha value is -1.83. The van der Waals surface area contributed by atoms with Crippen LogP contribution in [0.1, 0.15) is 26.7 Å². The highest BCUT2D eigenvalue weighted by Gasteiger charge is 2.49. The molecule has 0 heterocycles. The van der Waals surface area contributed by atoms with E-state index in [-0.39, 0.29) is 17.6 Å². The number of ether oxygens (including phenoxy) is 1. The van der Waals surface area contributed by atoms with Crippen molar-refractivity contribution in [1.82, 2.24) is 10.6 Å². The fourth-order valence-electron chi connectivity index (χ4n) is 2.29. The van der Waals surface area contributed by atoms with E-state index in [0.717, 1.165) is 0 Å². The Morgan fingerprint density at radius 3 is 2.45 bits per heavy atom. The molecular weight excluding hydrogens is 266 g/mol. The summed E-state index contributed by atoms with van der Waals surface area (Å²) in [4.78, 5) is 33.4. The number of carbonyl (C=O) groups excluding carboxylic acids is 2. The average Bonchev–Trinajstić information content (AvgIpc) is 2.32. The number of hydrogen-bond acceptors (Lipinski definition) is 4. The predicted octanol–water partition coefficient (Wildman–Crippen LogP) is -0.572. The molecule has 0 aromatic rings. The second kappa shape index (κ2) is 6.08. The number of rotatable bonds is 6. The molecule has 3 amide bonds. The topological polar surface area (TPSA) is 131 Å². The van der Waals surface area contributed by atoms with E-state index in [1.165, 1.54) is 0 Å². The van der Waals surface area contributed by atoms with Gasteiger partial charge in [-0.3, -0.25) is 4.79 Å². The number of methoxy groups -OCH3 is 1. The minimum Gasteiger partial charge on any atom is -0.480 e. The first-order chi connectivity index (χ1) is 9.18.